The monoisotopic (exact) mass is 326 g/mol. The van der Waals surface area contributed by atoms with E-state index in [9.17, 15) is 9.59 Å². The Morgan fingerprint density at radius 3 is 2.88 bits per heavy atom. The maximum atomic E-state index is 12.3. The van der Waals surface area contributed by atoms with Gasteiger partial charge in [0, 0.05) is 20.0 Å². The van der Waals surface area contributed by atoms with E-state index < -0.39 is 0 Å². The van der Waals surface area contributed by atoms with Crippen LogP contribution in [0.15, 0.2) is 36.5 Å². The Morgan fingerprint density at radius 2 is 2.12 bits per heavy atom. The molecule has 2 heterocycles. The lowest BCUT2D eigenvalue weighted by Gasteiger charge is -2.31. The minimum absolute atomic E-state index is 0.0152. The van der Waals surface area contributed by atoms with Crippen molar-refractivity contribution < 1.29 is 9.59 Å². The number of carbonyl (C=O) groups excluding carboxylic acids is 2. The van der Waals surface area contributed by atoms with Gasteiger partial charge in [0.15, 0.2) is 0 Å². The number of piperidine rings is 1. The molecule has 24 heavy (non-hydrogen) atoms. The first kappa shape index (κ1) is 16.2. The third kappa shape index (κ3) is 3.82. The first-order valence-electron chi connectivity index (χ1n) is 8.26. The second-order valence-electron chi connectivity index (χ2n) is 6.13. The number of rotatable bonds is 4. The molecule has 0 unspecified atom stereocenters. The number of carbonyl (C=O) groups is 2. The molecule has 3 rings (SSSR count). The molecule has 0 bridgehead atoms. The Labute approximate surface area is 141 Å². The number of benzene rings is 1. The zero-order valence-electron chi connectivity index (χ0n) is 13.8. The van der Waals surface area contributed by atoms with E-state index in [0.717, 1.165) is 36.5 Å². The SMILES string of the molecule is CC(=O)N1CCC[C@@H](C(=O)NCc2ncc(-c3ccccc3)[nH]2)C1. The fraction of sp³-hybridized carbons (Fsp3) is 0.389. The van der Waals surface area contributed by atoms with E-state index >= 15 is 0 Å². The predicted molar refractivity (Wildman–Crippen MR) is 90.8 cm³/mol. The van der Waals surface area contributed by atoms with Crippen molar-refractivity contribution in [2.24, 2.45) is 5.92 Å². The van der Waals surface area contributed by atoms with E-state index in [1.165, 1.54) is 0 Å². The van der Waals surface area contributed by atoms with Gasteiger partial charge in [-0.3, -0.25) is 9.59 Å². The smallest absolute Gasteiger partial charge is 0.225 e. The molecule has 126 valence electrons. The van der Waals surface area contributed by atoms with Crippen molar-refractivity contribution in [3.63, 3.8) is 0 Å². The predicted octanol–water partition coefficient (Wildman–Crippen LogP) is 1.95. The first-order valence-corrected chi connectivity index (χ1v) is 8.26. The molecule has 2 N–H and O–H groups in total. The number of aromatic nitrogens is 2. The zero-order chi connectivity index (χ0) is 16.9. The van der Waals surface area contributed by atoms with E-state index in [-0.39, 0.29) is 17.7 Å². The van der Waals surface area contributed by atoms with Gasteiger partial charge in [-0.1, -0.05) is 30.3 Å². The molecule has 6 heteroatoms. The molecule has 1 aliphatic heterocycles. The number of likely N-dealkylation sites (tertiary alicyclic amines) is 1. The molecular formula is C18H22N4O2. The van der Waals surface area contributed by atoms with E-state index in [4.69, 9.17) is 0 Å². The highest BCUT2D eigenvalue weighted by atomic mass is 16.2. The molecule has 6 nitrogen and oxygen atoms in total. The van der Waals surface area contributed by atoms with Crippen molar-refractivity contribution in [3.05, 3.63) is 42.4 Å². The standard InChI is InChI=1S/C18H22N4O2/c1-13(23)22-9-5-8-15(12-22)18(24)20-11-17-19-10-16(21-17)14-6-3-2-4-7-14/h2-4,6-7,10,15H,5,8-9,11-12H2,1H3,(H,19,21)(H,20,24)/t15-/m1/s1. The second kappa shape index (κ2) is 7.29. The van der Waals surface area contributed by atoms with Crippen LogP contribution in [0.4, 0.5) is 0 Å². The van der Waals surface area contributed by atoms with Crippen LogP contribution < -0.4 is 5.32 Å². The summed E-state index contributed by atoms with van der Waals surface area (Å²) < 4.78 is 0. The largest absolute Gasteiger partial charge is 0.349 e. The van der Waals surface area contributed by atoms with Gasteiger partial charge in [0.2, 0.25) is 11.8 Å². The Kier molecular flexibility index (Phi) is 4.93. The van der Waals surface area contributed by atoms with Gasteiger partial charge in [0.1, 0.15) is 5.82 Å². The number of nitrogens with zero attached hydrogens (tertiary/aromatic N) is 2. The van der Waals surface area contributed by atoms with Gasteiger partial charge in [-0.2, -0.15) is 0 Å². The maximum absolute atomic E-state index is 12.3. The molecule has 1 atom stereocenters. The summed E-state index contributed by atoms with van der Waals surface area (Å²) >= 11 is 0. The van der Waals surface area contributed by atoms with Gasteiger partial charge in [0.05, 0.1) is 24.4 Å². The normalized spacial score (nSPS) is 17.5. The van der Waals surface area contributed by atoms with E-state index in [0.29, 0.717) is 13.1 Å². The Morgan fingerprint density at radius 1 is 1.33 bits per heavy atom. The molecule has 2 aromatic rings. The Hall–Kier alpha value is -2.63. The fourth-order valence-electron chi connectivity index (χ4n) is 3.01. The van der Waals surface area contributed by atoms with Crippen LogP contribution in [-0.2, 0) is 16.1 Å². The number of imidazole rings is 1. The summed E-state index contributed by atoms with van der Waals surface area (Å²) in [5, 5.41) is 2.92. The van der Waals surface area contributed by atoms with Gasteiger partial charge < -0.3 is 15.2 Å². The quantitative estimate of drug-likeness (QED) is 0.901. The minimum Gasteiger partial charge on any atom is -0.349 e. The minimum atomic E-state index is -0.133. The third-order valence-electron chi connectivity index (χ3n) is 4.38. The van der Waals surface area contributed by atoms with Crippen molar-refractivity contribution in [3.8, 4) is 11.3 Å². The molecule has 2 amide bonds. The van der Waals surface area contributed by atoms with Crippen LogP contribution in [0.2, 0.25) is 0 Å². The van der Waals surface area contributed by atoms with Crippen molar-refractivity contribution in [2.75, 3.05) is 13.1 Å². The topological polar surface area (TPSA) is 78.1 Å². The van der Waals surface area contributed by atoms with Crippen molar-refractivity contribution >= 4 is 11.8 Å². The summed E-state index contributed by atoms with van der Waals surface area (Å²) in [4.78, 5) is 33.1. The highest BCUT2D eigenvalue weighted by Gasteiger charge is 2.26. The first-order chi connectivity index (χ1) is 11.6. The van der Waals surface area contributed by atoms with Gasteiger partial charge in [-0.15, -0.1) is 0 Å². The van der Waals surface area contributed by atoms with Gasteiger partial charge >= 0.3 is 0 Å². The average molecular weight is 326 g/mol. The van der Waals surface area contributed by atoms with Crippen molar-refractivity contribution in [1.29, 1.82) is 0 Å². The number of amides is 2. The average Bonchev–Trinajstić information content (AvgIpc) is 3.09. The van der Waals surface area contributed by atoms with Crippen LogP contribution >= 0.6 is 0 Å². The highest BCUT2D eigenvalue weighted by Crippen LogP contribution is 2.18. The number of hydrogen-bond donors (Lipinski definition) is 2. The lowest BCUT2D eigenvalue weighted by atomic mass is 9.97. The molecule has 0 aliphatic carbocycles. The summed E-state index contributed by atoms with van der Waals surface area (Å²) in [6.07, 6.45) is 3.47. The summed E-state index contributed by atoms with van der Waals surface area (Å²) in [6.45, 7) is 3.17. The summed E-state index contributed by atoms with van der Waals surface area (Å²) in [5.74, 6) is 0.609. The molecule has 1 aromatic heterocycles. The Bertz CT molecular complexity index is 711. The van der Waals surface area contributed by atoms with Gasteiger partial charge in [-0.05, 0) is 18.4 Å². The number of H-pyrrole nitrogens is 1. The van der Waals surface area contributed by atoms with E-state index in [1.54, 1.807) is 18.0 Å². The molecule has 0 saturated carbocycles. The van der Waals surface area contributed by atoms with Gasteiger partial charge in [-0.25, -0.2) is 4.98 Å². The third-order valence-corrected chi connectivity index (χ3v) is 4.38. The summed E-state index contributed by atoms with van der Waals surface area (Å²) in [7, 11) is 0. The number of aromatic amines is 1. The van der Waals surface area contributed by atoms with Crippen LogP contribution in [0.3, 0.4) is 0 Å². The van der Waals surface area contributed by atoms with E-state index in [2.05, 4.69) is 15.3 Å². The molecule has 1 fully saturated rings. The molecule has 0 spiro atoms. The van der Waals surface area contributed by atoms with Crippen molar-refractivity contribution in [1.82, 2.24) is 20.2 Å². The zero-order valence-corrected chi connectivity index (χ0v) is 13.8. The second-order valence-corrected chi connectivity index (χ2v) is 6.13. The molecule has 1 aliphatic rings. The highest BCUT2D eigenvalue weighted by molar-refractivity contribution is 5.80. The molecule has 0 radical (unpaired) electrons. The lowest BCUT2D eigenvalue weighted by molar-refractivity contribution is -0.134. The summed E-state index contributed by atoms with van der Waals surface area (Å²) in [5.41, 5.74) is 1.99. The summed E-state index contributed by atoms with van der Waals surface area (Å²) in [6, 6.07) is 9.93. The number of nitrogens with one attached hydrogen (secondary N) is 2. The van der Waals surface area contributed by atoms with Crippen molar-refractivity contribution in [2.45, 2.75) is 26.3 Å². The van der Waals surface area contributed by atoms with Crippen LogP contribution in [0.1, 0.15) is 25.6 Å². The lowest BCUT2D eigenvalue weighted by Crippen LogP contribution is -2.44. The van der Waals surface area contributed by atoms with Crippen LogP contribution in [0.5, 0.6) is 0 Å². The Balaban J connectivity index is 1.55. The molecular weight excluding hydrogens is 304 g/mol. The molecule has 1 aromatic carbocycles. The fourth-order valence-corrected chi connectivity index (χ4v) is 3.01. The van der Waals surface area contributed by atoms with Crippen LogP contribution in [0, 0.1) is 5.92 Å². The van der Waals surface area contributed by atoms with Crippen LogP contribution in [0.25, 0.3) is 11.3 Å². The van der Waals surface area contributed by atoms with E-state index in [1.807, 2.05) is 30.3 Å². The maximum Gasteiger partial charge on any atom is 0.225 e. The van der Waals surface area contributed by atoms with Crippen LogP contribution in [-0.4, -0.2) is 39.8 Å². The number of hydrogen-bond acceptors (Lipinski definition) is 3. The molecule has 1 saturated heterocycles. The van der Waals surface area contributed by atoms with Gasteiger partial charge in [0.25, 0.3) is 0 Å².